The number of hydrogen-bond acceptors (Lipinski definition) is 8. The van der Waals surface area contributed by atoms with Gasteiger partial charge in [-0.1, -0.05) is 34.1 Å². The fraction of sp³-hybridized carbons (Fsp3) is 0.571. The van der Waals surface area contributed by atoms with Crippen LogP contribution in [0.25, 0.3) is 5.57 Å². The number of ether oxygens (including phenoxy) is 1. The van der Waals surface area contributed by atoms with Gasteiger partial charge in [-0.15, -0.1) is 22.7 Å². The van der Waals surface area contributed by atoms with Crippen molar-refractivity contribution in [3.8, 4) is 0 Å². The van der Waals surface area contributed by atoms with E-state index in [1.807, 2.05) is 21.6 Å². The van der Waals surface area contributed by atoms with Crippen LogP contribution in [0.1, 0.15) is 72.2 Å². The number of carbonyl (C=O) groups excluding carboxylic acids is 2. The average Bonchev–Trinajstić information content (AvgIpc) is 3.63. The van der Waals surface area contributed by atoms with Crippen LogP contribution in [-0.2, 0) is 14.3 Å². The summed E-state index contributed by atoms with van der Waals surface area (Å²) in [5.74, 6) is 0.365. The predicted molar refractivity (Wildman–Crippen MR) is 157 cm³/mol. The Morgan fingerprint density at radius 1 is 1.08 bits per heavy atom. The normalized spacial score (nSPS) is 20.4. The lowest BCUT2D eigenvalue weighted by atomic mass is 9.98. The first-order valence-electron chi connectivity index (χ1n) is 13.1. The maximum Gasteiger partial charge on any atom is 0.317 e. The summed E-state index contributed by atoms with van der Waals surface area (Å²) in [6.07, 6.45) is 9.70. The van der Waals surface area contributed by atoms with E-state index in [4.69, 9.17) is 4.74 Å². The SMILES string of the molecule is Cc1ccsc1C(=CCCN1CCCC(C(=O)OC(=O)CCCC[C@@H]2CCSS2)C1)c1sccc1C. The summed E-state index contributed by atoms with van der Waals surface area (Å²) in [7, 11) is 3.93. The fourth-order valence-electron chi connectivity index (χ4n) is 4.88. The quantitative estimate of drug-likeness (QED) is 0.121. The zero-order chi connectivity index (χ0) is 25.3. The number of hydrogen-bond donors (Lipinski definition) is 0. The highest BCUT2D eigenvalue weighted by atomic mass is 33.1. The summed E-state index contributed by atoms with van der Waals surface area (Å²) in [5, 5.41) is 5.06. The molecule has 4 nitrogen and oxygen atoms in total. The Balaban J connectivity index is 1.23. The van der Waals surface area contributed by atoms with Crippen LogP contribution >= 0.6 is 44.3 Å². The van der Waals surface area contributed by atoms with E-state index in [1.54, 1.807) is 22.7 Å². The standard InChI is InChI=1S/C28H37NO3S4/c1-20-11-16-33-26(20)24(27-21(2)12-17-34-27)9-6-15-29-14-5-7-22(19-29)28(31)32-25(30)10-4-3-8-23-13-18-35-36-23/h9,11-12,16-17,22-23H,3-8,10,13-15,18-19H2,1-2H3/t22?,23-/m1/s1. The van der Waals surface area contributed by atoms with Crippen LogP contribution < -0.4 is 0 Å². The molecular formula is C28H37NO3S4. The molecule has 0 N–H and O–H groups in total. The third-order valence-corrected chi connectivity index (χ3v) is 12.1. The van der Waals surface area contributed by atoms with Crippen molar-refractivity contribution in [2.45, 2.75) is 70.5 Å². The summed E-state index contributed by atoms with van der Waals surface area (Å²) in [6.45, 7) is 6.95. The molecule has 0 radical (unpaired) electrons. The molecule has 0 aromatic carbocycles. The zero-order valence-electron chi connectivity index (χ0n) is 21.3. The minimum atomic E-state index is -0.351. The van der Waals surface area contributed by atoms with E-state index in [2.05, 4.69) is 47.7 Å². The van der Waals surface area contributed by atoms with Gasteiger partial charge in [-0.3, -0.25) is 9.59 Å². The van der Waals surface area contributed by atoms with Gasteiger partial charge in [-0.2, -0.15) is 0 Å². The first-order valence-corrected chi connectivity index (χ1v) is 17.2. The Morgan fingerprint density at radius 2 is 1.83 bits per heavy atom. The molecule has 1 unspecified atom stereocenters. The van der Waals surface area contributed by atoms with Crippen LogP contribution in [-0.4, -0.2) is 47.5 Å². The molecule has 0 spiro atoms. The third-order valence-electron chi connectivity index (χ3n) is 6.94. The third kappa shape index (κ3) is 7.97. The van der Waals surface area contributed by atoms with Gasteiger partial charge in [0.05, 0.1) is 5.92 Å². The van der Waals surface area contributed by atoms with Crippen molar-refractivity contribution >= 4 is 61.8 Å². The van der Waals surface area contributed by atoms with Crippen molar-refractivity contribution in [3.63, 3.8) is 0 Å². The molecule has 2 fully saturated rings. The van der Waals surface area contributed by atoms with E-state index in [-0.39, 0.29) is 17.9 Å². The molecule has 2 saturated heterocycles. The van der Waals surface area contributed by atoms with E-state index in [0.717, 1.165) is 56.9 Å². The Kier molecular flexibility index (Phi) is 11.0. The first kappa shape index (κ1) is 28.0. The van der Waals surface area contributed by atoms with Gasteiger partial charge >= 0.3 is 11.9 Å². The molecule has 196 valence electrons. The molecule has 2 aromatic rings. The lowest BCUT2D eigenvalue weighted by molar-refractivity contribution is -0.163. The fourth-order valence-corrected chi connectivity index (χ4v) is 9.92. The van der Waals surface area contributed by atoms with E-state index in [0.29, 0.717) is 13.0 Å². The number of nitrogens with zero attached hydrogens (tertiary/aromatic N) is 1. The number of rotatable bonds is 11. The molecule has 2 aliphatic heterocycles. The molecule has 36 heavy (non-hydrogen) atoms. The highest BCUT2D eigenvalue weighted by molar-refractivity contribution is 8.77. The number of aryl methyl sites for hydroxylation is 2. The van der Waals surface area contributed by atoms with Crippen molar-refractivity contribution < 1.29 is 14.3 Å². The minimum Gasteiger partial charge on any atom is -0.393 e. The monoisotopic (exact) mass is 563 g/mol. The van der Waals surface area contributed by atoms with Crippen LogP contribution in [0.3, 0.4) is 0 Å². The summed E-state index contributed by atoms with van der Waals surface area (Å²) in [5.41, 5.74) is 3.97. The molecule has 8 heteroatoms. The maximum absolute atomic E-state index is 12.7. The van der Waals surface area contributed by atoms with Gasteiger partial charge in [0.2, 0.25) is 0 Å². The van der Waals surface area contributed by atoms with Crippen molar-refractivity contribution in [2.75, 3.05) is 25.4 Å². The molecule has 4 rings (SSSR count). The molecule has 0 saturated carbocycles. The number of unbranched alkanes of at least 4 members (excludes halogenated alkanes) is 1. The molecule has 2 aliphatic rings. The number of piperidine rings is 1. The number of esters is 2. The second-order valence-corrected chi connectivity index (χ2v) is 14.4. The zero-order valence-corrected chi connectivity index (χ0v) is 24.6. The summed E-state index contributed by atoms with van der Waals surface area (Å²) < 4.78 is 5.25. The van der Waals surface area contributed by atoms with Crippen LogP contribution in [0.5, 0.6) is 0 Å². The highest BCUT2D eigenvalue weighted by Crippen LogP contribution is 2.40. The molecule has 0 bridgehead atoms. The largest absolute Gasteiger partial charge is 0.393 e. The van der Waals surface area contributed by atoms with Crippen LogP contribution in [0.2, 0.25) is 0 Å². The Bertz CT molecular complexity index is 995. The molecule has 0 amide bonds. The first-order chi connectivity index (χ1) is 17.5. The van der Waals surface area contributed by atoms with Gasteiger partial charge in [0.15, 0.2) is 0 Å². The van der Waals surface area contributed by atoms with Crippen molar-refractivity contribution in [3.05, 3.63) is 49.9 Å². The van der Waals surface area contributed by atoms with Crippen molar-refractivity contribution in [2.24, 2.45) is 5.92 Å². The molecule has 2 aromatic heterocycles. The molecule has 4 heterocycles. The number of carbonyl (C=O) groups is 2. The van der Waals surface area contributed by atoms with Crippen LogP contribution in [0.4, 0.5) is 0 Å². The van der Waals surface area contributed by atoms with E-state index >= 15 is 0 Å². The predicted octanol–water partition coefficient (Wildman–Crippen LogP) is 7.74. The highest BCUT2D eigenvalue weighted by Gasteiger charge is 2.28. The van der Waals surface area contributed by atoms with Crippen LogP contribution in [0, 0.1) is 19.8 Å². The topological polar surface area (TPSA) is 46.6 Å². The number of likely N-dealkylation sites (tertiary alicyclic amines) is 1. The lowest BCUT2D eigenvalue weighted by Gasteiger charge is -2.31. The number of thiophene rings is 2. The van der Waals surface area contributed by atoms with Gasteiger partial charge in [-0.05, 0) is 92.9 Å². The smallest absolute Gasteiger partial charge is 0.317 e. The Labute approximate surface area is 231 Å². The van der Waals surface area contributed by atoms with E-state index < -0.39 is 0 Å². The average molecular weight is 564 g/mol. The second kappa shape index (κ2) is 14.2. The minimum absolute atomic E-state index is 0.197. The molecule has 2 atom stereocenters. The molecular weight excluding hydrogens is 527 g/mol. The Hall–Kier alpha value is -1.06. The summed E-state index contributed by atoms with van der Waals surface area (Å²) in [4.78, 5) is 30.0. The summed E-state index contributed by atoms with van der Waals surface area (Å²) >= 11 is 3.61. The Morgan fingerprint density at radius 3 is 2.47 bits per heavy atom. The maximum atomic E-state index is 12.7. The molecule has 0 aliphatic carbocycles. The van der Waals surface area contributed by atoms with Gasteiger partial charge in [0.25, 0.3) is 0 Å². The second-order valence-electron chi connectivity index (χ2n) is 9.78. The van der Waals surface area contributed by atoms with Crippen LogP contribution in [0.15, 0.2) is 29.0 Å². The van der Waals surface area contributed by atoms with Gasteiger partial charge in [0, 0.05) is 45.8 Å². The summed E-state index contributed by atoms with van der Waals surface area (Å²) in [6, 6.07) is 4.37. The lowest BCUT2D eigenvalue weighted by Crippen LogP contribution is -2.40. The van der Waals surface area contributed by atoms with E-state index in [9.17, 15) is 9.59 Å². The van der Waals surface area contributed by atoms with E-state index in [1.165, 1.54) is 38.6 Å². The van der Waals surface area contributed by atoms with Crippen molar-refractivity contribution in [1.29, 1.82) is 0 Å². The van der Waals surface area contributed by atoms with Gasteiger partial charge < -0.3 is 9.64 Å². The van der Waals surface area contributed by atoms with Crippen molar-refractivity contribution in [1.82, 2.24) is 4.90 Å². The van der Waals surface area contributed by atoms with Gasteiger partial charge in [-0.25, -0.2) is 0 Å². The van der Waals surface area contributed by atoms with Gasteiger partial charge in [0.1, 0.15) is 0 Å².